The number of halogens is 3. The number of aliphatic imine (C=N–C) groups is 1. The third-order valence-electron chi connectivity index (χ3n) is 11.3. The number of ketones is 1. The molecule has 0 fully saturated rings. The van der Waals surface area contributed by atoms with Crippen LogP contribution in [0.2, 0.25) is 0 Å². The van der Waals surface area contributed by atoms with Crippen LogP contribution in [0.5, 0.6) is 0 Å². The van der Waals surface area contributed by atoms with E-state index < -0.39 is 0 Å². The molecule has 0 amide bonds. The summed E-state index contributed by atoms with van der Waals surface area (Å²) in [6, 6.07) is 42.2. The molecule has 0 saturated carbocycles. The van der Waals surface area contributed by atoms with E-state index in [1.807, 2.05) is 6.07 Å². The Morgan fingerprint density at radius 3 is 1.64 bits per heavy atom. The van der Waals surface area contributed by atoms with Crippen LogP contribution in [0.3, 0.4) is 0 Å². The van der Waals surface area contributed by atoms with E-state index in [0.717, 1.165) is 38.5 Å². The van der Waals surface area contributed by atoms with Crippen molar-refractivity contribution in [2.75, 3.05) is 0 Å². The van der Waals surface area contributed by atoms with E-state index in [-0.39, 0.29) is 37.4 Å². The average Bonchev–Trinajstić information content (AvgIpc) is 3.20. The second-order valence-electron chi connectivity index (χ2n) is 15.1. The molecule has 3 aliphatic carbocycles. The largest absolute Gasteiger partial charge is 0.307 e. The van der Waals surface area contributed by atoms with Crippen LogP contribution in [0.15, 0.2) is 120 Å². The molecule has 56 heavy (non-hydrogen) atoms. The van der Waals surface area contributed by atoms with Gasteiger partial charge in [-0.05, 0) is 134 Å². The number of hydrogen-bond donors (Lipinski definition) is 1. The van der Waals surface area contributed by atoms with E-state index in [4.69, 9.17) is 4.99 Å². The van der Waals surface area contributed by atoms with Crippen molar-refractivity contribution < 1.29 is 4.79 Å². The van der Waals surface area contributed by atoms with Gasteiger partial charge >= 0.3 is 0 Å². The van der Waals surface area contributed by atoms with Crippen LogP contribution in [0.4, 0.5) is 0 Å². The molecule has 0 aliphatic heterocycles. The summed E-state index contributed by atoms with van der Waals surface area (Å²) in [5.74, 6) is 0.383. The zero-order valence-electron chi connectivity index (χ0n) is 33.1. The Morgan fingerprint density at radius 2 is 1.07 bits per heavy atom. The molecule has 0 heterocycles. The van der Waals surface area contributed by atoms with Crippen molar-refractivity contribution in [2.24, 2.45) is 4.99 Å². The average molecular weight is 1090 g/mol. The van der Waals surface area contributed by atoms with Gasteiger partial charge in [0.2, 0.25) is 0 Å². The van der Waals surface area contributed by atoms with E-state index >= 15 is 0 Å². The fourth-order valence-electron chi connectivity index (χ4n) is 8.24. The first-order chi connectivity index (χ1) is 26.2. The number of carbonyl (C=O) groups is 1. The van der Waals surface area contributed by atoms with Crippen LogP contribution in [0.1, 0.15) is 114 Å². The summed E-state index contributed by atoms with van der Waals surface area (Å²) in [6.45, 7) is 11.0. The van der Waals surface area contributed by atoms with E-state index in [1.165, 1.54) is 68.6 Å². The SMILES string of the molecule is C.Cc1cccc2c1CCC(=N[C@H](C)c1ccccc1)C2.Cc1cccc2c1CCC(=O)C2.Cc1cccc2c1CC[C@H](N[C@H](C)c1ccccc1)C2.I.II. The number of carbonyl (C=O) groups excluding carboxylic acids is 1. The number of aryl methyl sites for hydroxylation is 3. The maximum Gasteiger partial charge on any atom is 0.137 e. The van der Waals surface area contributed by atoms with Crippen molar-refractivity contribution >= 4 is 72.7 Å². The first-order valence-electron chi connectivity index (χ1n) is 19.5. The van der Waals surface area contributed by atoms with Gasteiger partial charge < -0.3 is 5.32 Å². The van der Waals surface area contributed by atoms with Crippen molar-refractivity contribution in [3.05, 3.63) is 176 Å². The molecule has 3 nitrogen and oxygen atoms in total. The highest BCUT2D eigenvalue weighted by Crippen LogP contribution is 2.27. The number of benzene rings is 5. The Bertz CT molecular complexity index is 1990. The summed E-state index contributed by atoms with van der Waals surface area (Å²) in [5.41, 5.74) is 17.0. The van der Waals surface area contributed by atoms with E-state index in [9.17, 15) is 4.79 Å². The maximum atomic E-state index is 11.1. The maximum absolute atomic E-state index is 11.1. The van der Waals surface area contributed by atoms with E-state index in [0.29, 0.717) is 24.3 Å². The standard InChI is InChI=1S/C19H23N.C19H21N.C11H12O.CH4.I2.HI/c2*1-14-7-6-10-17-13-18(11-12-19(14)17)20-15(2)16-8-4-3-5-9-16;1-8-3-2-4-9-7-10(12)5-6-11(8)9;;1-2;/h3-10,15,18,20H,11-13H2,1-2H3;3-10,15H,11-13H2,1-2H3;2-4H,5-7H2,1H3;1H4;;1H/t15-,18+;15-;;;;/m11..../s1. The molecular formula is C50H61I3N2O. The van der Waals surface area contributed by atoms with Crippen molar-refractivity contribution in [1.29, 1.82) is 0 Å². The minimum atomic E-state index is 0. The lowest BCUT2D eigenvalue weighted by molar-refractivity contribution is -0.118. The number of Topliss-reactive ketones (excluding diaryl/α,β-unsaturated/α-hetero) is 1. The van der Waals surface area contributed by atoms with Crippen molar-refractivity contribution in [1.82, 2.24) is 5.32 Å². The van der Waals surface area contributed by atoms with Crippen LogP contribution in [-0.4, -0.2) is 17.5 Å². The van der Waals surface area contributed by atoms with Gasteiger partial charge in [-0.2, -0.15) is 0 Å². The summed E-state index contributed by atoms with van der Waals surface area (Å²) in [7, 11) is 0. The van der Waals surface area contributed by atoms with Crippen molar-refractivity contribution in [3.63, 3.8) is 0 Å². The van der Waals surface area contributed by atoms with Gasteiger partial charge in [0, 0.05) is 74.3 Å². The third-order valence-corrected chi connectivity index (χ3v) is 11.3. The molecule has 6 heteroatoms. The normalized spacial score (nSPS) is 16.8. The predicted molar refractivity (Wildman–Crippen MR) is 269 cm³/mol. The summed E-state index contributed by atoms with van der Waals surface area (Å²) in [6.07, 6.45) is 9.21. The van der Waals surface area contributed by atoms with Gasteiger partial charge in [0.05, 0.1) is 6.04 Å². The topological polar surface area (TPSA) is 41.5 Å². The minimum Gasteiger partial charge on any atom is -0.307 e. The van der Waals surface area contributed by atoms with Crippen molar-refractivity contribution in [3.8, 4) is 0 Å². The Labute approximate surface area is 378 Å². The van der Waals surface area contributed by atoms with Crippen LogP contribution >= 0.6 is 61.2 Å². The number of rotatable bonds is 5. The van der Waals surface area contributed by atoms with E-state index in [1.54, 1.807) is 11.1 Å². The zero-order chi connectivity index (χ0) is 38.5. The molecule has 0 radical (unpaired) electrons. The lowest BCUT2D eigenvalue weighted by Crippen LogP contribution is -2.36. The smallest absolute Gasteiger partial charge is 0.137 e. The zero-order valence-corrected chi connectivity index (χ0v) is 39.7. The molecule has 5 aromatic carbocycles. The van der Waals surface area contributed by atoms with Gasteiger partial charge in [-0.25, -0.2) is 0 Å². The Kier molecular flexibility index (Phi) is 21.0. The third kappa shape index (κ3) is 13.6. The second-order valence-corrected chi connectivity index (χ2v) is 15.1. The molecule has 0 aromatic heterocycles. The molecule has 3 aliphatic rings. The molecule has 5 aromatic rings. The minimum absolute atomic E-state index is 0. The Balaban J connectivity index is 0.000000223. The first kappa shape index (κ1) is 48.0. The summed E-state index contributed by atoms with van der Waals surface area (Å²) in [4.78, 5) is 16.1. The van der Waals surface area contributed by atoms with Crippen LogP contribution in [0.25, 0.3) is 0 Å². The fourth-order valence-corrected chi connectivity index (χ4v) is 8.24. The van der Waals surface area contributed by atoms with Gasteiger partial charge in [0.25, 0.3) is 0 Å². The molecule has 1 N–H and O–H groups in total. The molecular weight excluding hydrogens is 1030 g/mol. The van der Waals surface area contributed by atoms with E-state index in [2.05, 4.69) is 186 Å². The molecule has 3 atom stereocenters. The number of hydrogen-bond acceptors (Lipinski definition) is 3. The van der Waals surface area contributed by atoms with Gasteiger partial charge in [0.1, 0.15) is 5.78 Å². The van der Waals surface area contributed by atoms with Gasteiger partial charge in [-0.15, -0.1) is 24.0 Å². The molecule has 8 rings (SSSR count). The first-order valence-corrected chi connectivity index (χ1v) is 25.8. The Hall–Kier alpha value is -2.41. The summed E-state index contributed by atoms with van der Waals surface area (Å²) < 4.78 is 0. The summed E-state index contributed by atoms with van der Waals surface area (Å²) >= 11 is 4.24. The highest BCUT2D eigenvalue weighted by Gasteiger charge is 2.21. The monoisotopic (exact) mass is 1090 g/mol. The highest BCUT2D eigenvalue weighted by molar-refractivity contribution is 15.0. The van der Waals surface area contributed by atoms with Crippen LogP contribution in [-0.2, 0) is 43.3 Å². The van der Waals surface area contributed by atoms with Crippen molar-refractivity contribution in [2.45, 2.75) is 118 Å². The quantitative estimate of drug-likeness (QED) is 0.178. The van der Waals surface area contributed by atoms with Crippen LogP contribution in [0, 0.1) is 20.8 Å². The number of nitrogens with one attached hydrogen (secondary N) is 1. The predicted octanol–water partition coefficient (Wildman–Crippen LogP) is 14.0. The second kappa shape index (κ2) is 24.5. The fraction of sp³-hybridized carbons (Fsp3) is 0.360. The lowest BCUT2D eigenvalue weighted by Gasteiger charge is -2.29. The number of nitrogens with zero attached hydrogens (tertiary/aromatic N) is 1. The highest BCUT2D eigenvalue weighted by atomic mass is 128. The van der Waals surface area contributed by atoms with Crippen LogP contribution < -0.4 is 5.32 Å². The molecule has 0 bridgehead atoms. The Morgan fingerprint density at radius 1 is 0.589 bits per heavy atom. The lowest BCUT2D eigenvalue weighted by atomic mass is 9.85. The molecule has 298 valence electrons. The molecule has 0 spiro atoms. The van der Waals surface area contributed by atoms with Gasteiger partial charge in [0.15, 0.2) is 0 Å². The summed E-state index contributed by atoms with van der Waals surface area (Å²) in [5, 5.41) is 3.80. The molecule has 0 saturated heterocycles. The van der Waals surface area contributed by atoms with Gasteiger partial charge in [-0.1, -0.05) is 123 Å². The molecule has 0 unspecified atom stereocenters. The number of fused-ring (bicyclic) bond motifs is 3. The van der Waals surface area contributed by atoms with Gasteiger partial charge in [-0.3, -0.25) is 9.79 Å².